The molecule has 3 aromatic rings. The number of ether oxygens (including phenoxy) is 1. The van der Waals surface area contributed by atoms with Crippen molar-refractivity contribution in [3.8, 4) is 17.3 Å². The monoisotopic (exact) mass is 406 g/mol. The third-order valence-electron chi connectivity index (χ3n) is 5.59. The number of hydrazine groups is 1. The van der Waals surface area contributed by atoms with Gasteiger partial charge in [-0.15, -0.1) is 0 Å². The standard InChI is InChI=1S/C21H22N6O3/c1-29-18-8-3-2-6-14(18)16-10-17(25-24-16)21(28)27-11-13(12-27)20-23-19(26-30-20)15-7-4-5-9-22-15/h2-9,13,16-17,24-25H,10-12H2,1H3. The van der Waals surface area contributed by atoms with Crippen molar-refractivity contribution in [2.75, 3.05) is 20.2 Å². The molecule has 0 saturated carbocycles. The van der Waals surface area contributed by atoms with Crippen LogP contribution >= 0.6 is 0 Å². The van der Waals surface area contributed by atoms with E-state index in [-0.39, 0.29) is 23.9 Å². The molecule has 5 rings (SSSR count). The molecule has 9 nitrogen and oxygen atoms in total. The van der Waals surface area contributed by atoms with Gasteiger partial charge < -0.3 is 14.2 Å². The molecule has 2 N–H and O–H groups in total. The summed E-state index contributed by atoms with van der Waals surface area (Å²) in [6.45, 7) is 1.14. The molecule has 2 fully saturated rings. The fourth-order valence-electron chi connectivity index (χ4n) is 3.91. The summed E-state index contributed by atoms with van der Waals surface area (Å²) in [7, 11) is 1.65. The molecule has 2 aromatic heterocycles. The number of para-hydroxylation sites is 1. The zero-order chi connectivity index (χ0) is 20.5. The molecule has 0 spiro atoms. The maximum absolute atomic E-state index is 12.9. The maximum Gasteiger partial charge on any atom is 0.241 e. The molecule has 2 saturated heterocycles. The summed E-state index contributed by atoms with van der Waals surface area (Å²) in [5.41, 5.74) is 8.06. The molecule has 2 aliphatic rings. The lowest BCUT2D eigenvalue weighted by Gasteiger charge is -2.38. The number of carbonyl (C=O) groups is 1. The number of likely N-dealkylation sites (tertiary alicyclic amines) is 1. The van der Waals surface area contributed by atoms with Crippen LogP contribution in [-0.2, 0) is 4.79 Å². The quantitative estimate of drug-likeness (QED) is 0.659. The Morgan fingerprint density at radius 2 is 2.00 bits per heavy atom. The van der Waals surface area contributed by atoms with E-state index in [0.29, 0.717) is 36.9 Å². The lowest BCUT2D eigenvalue weighted by atomic mass is 9.96. The number of hydrogen-bond acceptors (Lipinski definition) is 8. The minimum Gasteiger partial charge on any atom is -0.496 e. The van der Waals surface area contributed by atoms with E-state index in [9.17, 15) is 4.79 Å². The number of rotatable bonds is 5. The van der Waals surface area contributed by atoms with Gasteiger partial charge >= 0.3 is 0 Å². The van der Waals surface area contributed by atoms with E-state index >= 15 is 0 Å². The number of nitrogens with zero attached hydrogens (tertiary/aromatic N) is 4. The molecule has 0 aliphatic carbocycles. The summed E-state index contributed by atoms with van der Waals surface area (Å²) in [4.78, 5) is 23.4. The zero-order valence-corrected chi connectivity index (χ0v) is 16.5. The average Bonchev–Trinajstić information content (AvgIpc) is 3.43. The van der Waals surface area contributed by atoms with Gasteiger partial charge in [0.25, 0.3) is 0 Å². The second-order valence-electron chi connectivity index (χ2n) is 7.48. The molecular weight excluding hydrogens is 384 g/mol. The maximum atomic E-state index is 12.9. The van der Waals surface area contributed by atoms with Crippen LogP contribution in [0.3, 0.4) is 0 Å². The number of amides is 1. The molecule has 0 bridgehead atoms. The van der Waals surface area contributed by atoms with Crippen molar-refractivity contribution < 1.29 is 14.1 Å². The van der Waals surface area contributed by atoms with E-state index in [1.807, 2.05) is 47.4 Å². The number of pyridine rings is 1. The Kier molecular flexibility index (Phi) is 4.89. The Labute approximate surface area is 173 Å². The summed E-state index contributed by atoms with van der Waals surface area (Å²) in [5, 5.41) is 4.01. The lowest BCUT2D eigenvalue weighted by Crippen LogP contribution is -2.54. The van der Waals surface area contributed by atoms with Crippen LogP contribution in [0.2, 0.25) is 0 Å². The molecule has 30 heavy (non-hydrogen) atoms. The predicted octanol–water partition coefficient (Wildman–Crippen LogP) is 1.67. The van der Waals surface area contributed by atoms with Gasteiger partial charge in [0.1, 0.15) is 17.5 Å². The van der Waals surface area contributed by atoms with Crippen LogP contribution in [0.5, 0.6) is 5.75 Å². The number of nitrogens with one attached hydrogen (secondary N) is 2. The lowest BCUT2D eigenvalue weighted by molar-refractivity contribution is -0.138. The Balaban J connectivity index is 1.18. The molecule has 4 heterocycles. The third kappa shape index (κ3) is 3.42. The highest BCUT2D eigenvalue weighted by Gasteiger charge is 2.41. The number of methoxy groups -OCH3 is 1. The Hall–Kier alpha value is -3.30. The van der Waals surface area contributed by atoms with Crippen molar-refractivity contribution in [2.24, 2.45) is 0 Å². The summed E-state index contributed by atoms with van der Waals surface area (Å²) < 4.78 is 10.8. The van der Waals surface area contributed by atoms with Crippen LogP contribution in [0.1, 0.15) is 29.8 Å². The predicted molar refractivity (Wildman–Crippen MR) is 107 cm³/mol. The van der Waals surface area contributed by atoms with E-state index in [0.717, 1.165) is 11.3 Å². The van der Waals surface area contributed by atoms with E-state index in [2.05, 4.69) is 26.0 Å². The van der Waals surface area contributed by atoms with Crippen LogP contribution in [0.25, 0.3) is 11.5 Å². The van der Waals surface area contributed by atoms with Gasteiger partial charge in [0.05, 0.1) is 19.1 Å². The second-order valence-corrected chi connectivity index (χ2v) is 7.48. The van der Waals surface area contributed by atoms with Crippen molar-refractivity contribution in [1.29, 1.82) is 0 Å². The number of aromatic nitrogens is 3. The summed E-state index contributed by atoms with van der Waals surface area (Å²) in [6.07, 6.45) is 2.35. The van der Waals surface area contributed by atoms with Gasteiger partial charge in [-0.2, -0.15) is 4.98 Å². The van der Waals surface area contributed by atoms with Crippen molar-refractivity contribution in [3.05, 3.63) is 60.1 Å². The first-order chi connectivity index (χ1) is 14.7. The Morgan fingerprint density at radius 3 is 2.80 bits per heavy atom. The van der Waals surface area contributed by atoms with E-state index in [1.165, 1.54) is 0 Å². The summed E-state index contributed by atoms with van der Waals surface area (Å²) >= 11 is 0. The Morgan fingerprint density at radius 1 is 1.17 bits per heavy atom. The fraction of sp³-hybridized carbons (Fsp3) is 0.333. The van der Waals surface area contributed by atoms with Gasteiger partial charge in [-0.05, 0) is 24.6 Å². The minimum atomic E-state index is -0.285. The average molecular weight is 406 g/mol. The molecular formula is C21H22N6O3. The van der Waals surface area contributed by atoms with Crippen LogP contribution in [0.4, 0.5) is 0 Å². The number of carbonyl (C=O) groups excluding carboxylic acids is 1. The van der Waals surface area contributed by atoms with Crippen molar-refractivity contribution in [3.63, 3.8) is 0 Å². The van der Waals surface area contributed by atoms with Gasteiger partial charge in [-0.25, -0.2) is 10.9 Å². The van der Waals surface area contributed by atoms with Crippen molar-refractivity contribution in [1.82, 2.24) is 30.9 Å². The second kappa shape index (κ2) is 7.85. The molecule has 0 radical (unpaired) electrons. The van der Waals surface area contributed by atoms with E-state index in [1.54, 1.807) is 13.3 Å². The van der Waals surface area contributed by atoms with Gasteiger partial charge in [-0.1, -0.05) is 29.4 Å². The van der Waals surface area contributed by atoms with Crippen molar-refractivity contribution in [2.45, 2.75) is 24.4 Å². The zero-order valence-electron chi connectivity index (χ0n) is 16.5. The van der Waals surface area contributed by atoms with Gasteiger partial charge in [-0.3, -0.25) is 9.78 Å². The van der Waals surface area contributed by atoms with Crippen LogP contribution in [-0.4, -0.2) is 52.2 Å². The summed E-state index contributed by atoms with van der Waals surface area (Å²) in [5.74, 6) is 1.95. The molecule has 1 amide bonds. The molecule has 2 unspecified atom stereocenters. The molecule has 2 aliphatic heterocycles. The smallest absolute Gasteiger partial charge is 0.241 e. The van der Waals surface area contributed by atoms with Crippen LogP contribution in [0.15, 0.2) is 53.2 Å². The SMILES string of the molecule is COc1ccccc1C1CC(C(=O)N2CC(c3nc(-c4ccccn4)no3)C2)NN1. The van der Waals surface area contributed by atoms with E-state index in [4.69, 9.17) is 9.26 Å². The molecule has 1 aromatic carbocycles. The third-order valence-corrected chi connectivity index (χ3v) is 5.59. The first kappa shape index (κ1) is 18.7. The van der Waals surface area contributed by atoms with Gasteiger partial charge in [0, 0.05) is 24.8 Å². The molecule has 154 valence electrons. The van der Waals surface area contributed by atoms with Gasteiger partial charge in [0.15, 0.2) is 0 Å². The van der Waals surface area contributed by atoms with E-state index < -0.39 is 0 Å². The minimum absolute atomic E-state index is 0.0176. The Bertz CT molecular complexity index is 1030. The largest absolute Gasteiger partial charge is 0.496 e. The highest BCUT2D eigenvalue weighted by atomic mass is 16.5. The van der Waals surface area contributed by atoms with Gasteiger partial charge in [0.2, 0.25) is 17.6 Å². The topological polar surface area (TPSA) is 105 Å². The number of benzene rings is 1. The fourth-order valence-corrected chi connectivity index (χ4v) is 3.91. The first-order valence-corrected chi connectivity index (χ1v) is 9.90. The van der Waals surface area contributed by atoms with Crippen molar-refractivity contribution >= 4 is 5.91 Å². The summed E-state index contributed by atoms with van der Waals surface area (Å²) in [6, 6.07) is 13.1. The normalized spacial score (nSPS) is 21.4. The molecule has 9 heteroatoms. The van der Waals surface area contributed by atoms with Crippen LogP contribution in [0, 0.1) is 0 Å². The number of hydrogen-bond donors (Lipinski definition) is 2. The highest BCUT2D eigenvalue weighted by molar-refractivity contribution is 5.83. The van der Waals surface area contributed by atoms with Crippen LogP contribution < -0.4 is 15.6 Å². The first-order valence-electron chi connectivity index (χ1n) is 9.90. The molecule has 2 atom stereocenters. The highest BCUT2D eigenvalue weighted by Crippen LogP contribution is 2.32.